The summed E-state index contributed by atoms with van der Waals surface area (Å²) in [5, 5.41) is 0. The fraction of sp³-hybridized carbons (Fsp3) is 1.00. The van der Waals surface area contributed by atoms with Crippen LogP contribution in [0.2, 0.25) is 5.71 Å². The summed E-state index contributed by atoms with van der Waals surface area (Å²) in [5.74, 6) is 0. The van der Waals surface area contributed by atoms with E-state index in [4.69, 9.17) is 8.19 Å². The first-order valence-corrected chi connectivity index (χ1v) is 5.35. The van der Waals surface area contributed by atoms with Crippen LogP contribution in [0.25, 0.3) is 0 Å². The van der Waals surface area contributed by atoms with Gasteiger partial charge < -0.3 is 0 Å². The van der Waals surface area contributed by atoms with Crippen molar-refractivity contribution >= 4 is 51.9 Å². The molecule has 0 spiro atoms. The van der Waals surface area contributed by atoms with Crippen molar-refractivity contribution in [1.82, 2.24) is 0 Å². The Morgan fingerprint density at radius 1 is 1.67 bits per heavy atom. The molecule has 32 valence electrons. The summed E-state index contributed by atoms with van der Waals surface area (Å²) in [4.78, 5) is 0. The van der Waals surface area contributed by atoms with Gasteiger partial charge in [-0.2, -0.15) is 0 Å². The Labute approximate surface area is 70.2 Å². The van der Waals surface area contributed by atoms with Crippen LogP contribution in [0.3, 0.4) is 0 Å². The van der Waals surface area contributed by atoms with Gasteiger partial charge in [0.1, 0.15) is 0 Å². The van der Waals surface area contributed by atoms with Crippen molar-refractivity contribution in [3.05, 3.63) is 0 Å². The average molecular weight is 181 g/mol. The molecule has 0 bridgehead atoms. The molecule has 6 heavy (non-hydrogen) atoms. The maximum Gasteiger partial charge on any atom is 2.00 e. The average Bonchev–Trinajstić information content (AvgIpc) is 0.722. The van der Waals surface area contributed by atoms with E-state index in [-0.39, 0.29) is 39.2 Å². The van der Waals surface area contributed by atoms with E-state index in [2.05, 4.69) is 0 Å². The predicted molar refractivity (Wildman–Crippen MR) is 23.6 cm³/mol. The quantitative estimate of drug-likeness (QED) is 0.457. The first kappa shape index (κ1) is 10.5. The fourth-order valence-electron chi connectivity index (χ4n) is 0. The summed E-state index contributed by atoms with van der Waals surface area (Å²) in [6.45, 7) is 0. The van der Waals surface area contributed by atoms with Crippen LogP contribution in [0.5, 0.6) is 0 Å². The molecule has 0 atom stereocenters. The molecule has 0 aromatic rings. The molecule has 0 saturated carbocycles. The van der Waals surface area contributed by atoms with E-state index in [1.807, 2.05) is 0 Å². The molecule has 0 aromatic carbocycles. The fourth-order valence-corrected chi connectivity index (χ4v) is 0. The predicted octanol–water partition coefficient (Wildman–Crippen LogP) is -1.30. The smallest absolute Gasteiger partial charge is 1.00 e. The van der Waals surface area contributed by atoms with Crippen LogP contribution >= 0.6 is 0 Å². The SMILES string of the molecule is C[As](=O)(O)O.[Ca+2].[H+]. The Balaban J connectivity index is -0.0000000800. The third-order valence-electron chi connectivity index (χ3n) is 0. The third kappa shape index (κ3) is 48.2. The van der Waals surface area contributed by atoms with Gasteiger partial charge in [0.15, 0.2) is 0 Å². The van der Waals surface area contributed by atoms with Gasteiger partial charge in [-0.15, -0.1) is 0 Å². The largest absolute Gasteiger partial charge is 2.00 e. The Kier molecular flexibility index (Phi) is 6.18. The second-order valence-electron chi connectivity index (χ2n) is 0.835. The van der Waals surface area contributed by atoms with Crippen molar-refractivity contribution in [3.63, 3.8) is 0 Å². The van der Waals surface area contributed by atoms with Gasteiger partial charge in [-0.25, -0.2) is 0 Å². The molecule has 0 unspecified atom stereocenters. The Bertz CT molecular complexity index is 61.1. The molecule has 0 radical (unpaired) electrons. The van der Waals surface area contributed by atoms with Crippen molar-refractivity contribution < 1.29 is 13.4 Å². The maximum absolute atomic E-state index is 9.39. The molecule has 5 heteroatoms. The van der Waals surface area contributed by atoms with Gasteiger partial charge >= 0.3 is 71.0 Å². The minimum Gasteiger partial charge on any atom is 1.00 e. The first-order valence-electron chi connectivity index (χ1n) is 1.03. The van der Waals surface area contributed by atoms with Gasteiger partial charge in [-0.3, -0.25) is 0 Å². The van der Waals surface area contributed by atoms with Gasteiger partial charge in [0, 0.05) is 0 Å². The first-order chi connectivity index (χ1) is 2.00. The van der Waals surface area contributed by atoms with Crippen LogP contribution in [0, 0.1) is 0 Å². The van der Waals surface area contributed by atoms with Crippen molar-refractivity contribution in [1.29, 1.82) is 0 Å². The molecule has 2 N–H and O–H groups in total. The van der Waals surface area contributed by atoms with Gasteiger partial charge in [-0.1, -0.05) is 0 Å². The molecule has 0 aliphatic carbocycles. The van der Waals surface area contributed by atoms with E-state index in [1.165, 1.54) is 0 Å². The minimum absolute atomic E-state index is 0. The number of hydrogen-bond acceptors (Lipinski definition) is 1. The van der Waals surface area contributed by atoms with Crippen LogP contribution in [-0.4, -0.2) is 60.1 Å². The van der Waals surface area contributed by atoms with Crippen LogP contribution in [0.1, 0.15) is 1.43 Å². The molecule has 3 nitrogen and oxygen atoms in total. The maximum atomic E-state index is 9.39. The monoisotopic (exact) mass is 181 g/mol. The summed E-state index contributed by atoms with van der Waals surface area (Å²) < 4.78 is 24.8. The molecule has 0 rings (SSSR count). The van der Waals surface area contributed by atoms with E-state index in [9.17, 15) is 3.74 Å². The number of hydrogen-bond donors (Lipinski definition) is 2. The summed E-state index contributed by atoms with van der Waals surface area (Å²) in [6, 6.07) is 0. The zero-order valence-corrected chi connectivity index (χ0v) is 7.54. The van der Waals surface area contributed by atoms with E-state index >= 15 is 0 Å². The third-order valence-corrected chi connectivity index (χ3v) is 0. The van der Waals surface area contributed by atoms with Gasteiger partial charge in [0.25, 0.3) is 0 Å². The van der Waals surface area contributed by atoms with Gasteiger partial charge in [-0.05, 0) is 0 Å². The molecule has 0 fully saturated rings. The Morgan fingerprint density at radius 3 is 1.67 bits per heavy atom. The standard InChI is InChI=1S/CH5AsO3.Ca/c1-2(3,4)5;/h1H3,(H2,3,4,5);/q;+2/p+1. The molecular weight excluding hydrogens is 175 g/mol. The second-order valence-corrected chi connectivity index (χ2v) is 4.34. The molecule has 0 saturated heterocycles. The molecule has 0 aliphatic heterocycles. The van der Waals surface area contributed by atoms with Crippen molar-refractivity contribution in [2.45, 2.75) is 5.71 Å². The van der Waals surface area contributed by atoms with E-state index in [0.29, 0.717) is 0 Å². The molecule has 0 aliphatic rings. The van der Waals surface area contributed by atoms with Crippen LogP contribution < -0.4 is 0 Å². The number of rotatable bonds is 0. The van der Waals surface area contributed by atoms with Gasteiger partial charge in [0.05, 0.1) is 0 Å². The van der Waals surface area contributed by atoms with E-state index < -0.39 is 14.2 Å². The Morgan fingerprint density at radius 2 is 1.67 bits per heavy atom. The summed E-state index contributed by atoms with van der Waals surface area (Å²) in [5.41, 5.74) is 0.915. The summed E-state index contributed by atoms with van der Waals surface area (Å²) in [7, 11) is 0. The summed E-state index contributed by atoms with van der Waals surface area (Å²) in [6.07, 6.45) is 0. The molecular formula is CH6AsCaO3+3. The van der Waals surface area contributed by atoms with Crippen LogP contribution in [-0.2, 0) is 3.74 Å². The van der Waals surface area contributed by atoms with Crippen molar-refractivity contribution in [2.75, 3.05) is 0 Å². The van der Waals surface area contributed by atoms with Crippen molar-refractivity contribution in [3.8, 4) is 0 Å². The van der Waals surface area contributed by atoms with E-state index in [1.54, 1.807) is 0 Å². The topological polar surface area (TPSA) is 57.5 Å². The normalized spacial score (nSPS) is 9.83. The molecule has 0 heterocycles. The zero-order chi connectivity index (χ0) is 4.50. The van der Waals surface area contributed by atoms with Crippen molar-refractivity contribution in [2.24, 2.45) is 0 Å². The Hall–Kier alpha value is 1.54. The van der Waals surface area contributed by atoms with Gasteiger partial charge in [0.2, 0.25) is 0 Å². The minimum atomic E-state index is -4.12. The second kappa shape index (κ2) is 3.53. The van der Waals surface area contributed by atoms with E-state index in [0.717, 1.165) is 5.71 Å². The molecule has 0 amide bonds. The zero-order valence-electron chi connectivity index (χ0n) is 4.46. The summed E-state index contributed by atoms with van der Waals surface area (Å²) >= 11 is -4.12. The van der Waals surface area contributed by atoms with Crippen LogP contribution in [0.15, 0.2) is 0 Å². The van der Waals surface area contributed by atoms with Crippen LogP contribution in [0.4, 0.5) is 0 Å². The molecule has 0 aromatic heterocycles.